The van der Waals surface area contributed by atoms with Crippen molar-refractivity contribution >= 4 is 84.4 Å². The summed E-state index contributed by atoms with van der Waals surface area (Å²) in [6.07, 6.45) is 3.21. The fourth-order valence-corrected chi connectivity index (χ4v) is 5.14. The number of nitrogens with two attached hydrogens (primary N) is 1. The van der Waals surface area contributed by atoms with Crippen LogP contribution < -0.4 is 11.2 Å². The summed E-state index contributed by atoms with van der Waals surface area (Å²) in [4.78, 5) is 42.7. The number of ether oxygens (including phenoxy) is 2. The van der Waals surface area contributed by atoms with E-state index in [1.807, 2.05) is 6.07 Å². The van der Waals surface area contributed by atoms with Crippen LogP contribution in [-0.2, 0) is 9.47 Å². The Balaban J connectivity index is 0.000000214. The number of carbonyl (C=O) groups excluding carboxylic acids is 3. The summed E-state index contributed by atoms with van der Waals surface area (Å²) >= 11 is 6.48. The van der Waals surface area contributed by atoms with Gasteiger partial charge < -0.3 is 25.3 Å². The smallest absolute Gasteiger partial charge is 0.464 e. The van der Waals surface area contributed by atoms with Crippen LogP contribution in [0.2, 0.25) is 0 Å². The minimum Gasteiger partial charge on any atom is -0.464 e. The molecule has 15 nitrogen and oxygen atoms in total. The van der Waals surface area contributed by atoms with Gasteiger partial charge in [0.15, 0.2) is 22.7 Å². The molecule has 0 fully saturated rings. The summed E-state index contributed by atoms with van der Waals surface area (Å²) in [5, 5.41) is 38.1. The van der Waals surface area contributed by atoms with Crippen molar-refractivity contribution < 1.29 is 33.9 Å². The Hall–Kier alpha value is -5.48. The number of hydrogen-bond acceptors (Lipinski definition) is 12. The summed E-state index contributed by atoms with van der Waals surface area (Å²) in [5.41, 5.74) is 8.38. The predicted molar refractivity (Wildman–Crippen MR) is 187 cm³/mol. The molecule has 18 heteroatoms. The van der Waals surface area contributed by atoms with Crippen molar-refractivity contribution in [3.05, 3.63) is 105 Å². The lowest BCUT2D eigenvalue weighted by molar-refractivity contribution is 0.0587. The van der Waals surface area contributed by atoms with E-state index in [0.717, 1.165) is 0 Å². The van der Waals surface area contributed by atoms with Gasteiger partial charge in [0.25, 0.3) is 0 Å². The van der Waals surface area contributed by atoms with Crippen LogP contribution in [0.5, 0.6) is 0 Å². The van der Waals surface area contributed by atoms with Gasteiger partial charge in [0, 0.05) is 26.9 Å². The first-order valence-corrected chi connectivity index (χ1v) is 15.0. The summed E-state index contributed by atoms with van der Waals surface area (Å²) in [6.45, 7) is 0. The number of hydrogen-bond donors (Lipinski definition) is 4. The number of nitrogens with zero attached hydrogens (tertiary/aromatic N) is 6. The summed E-state index contributed by atoms with van der Waals surface area (Å²) in [6, 6.07) is 18.3. The average Bonchev–Trinajstić information content (AvgIpc) is 3.70. The third-order valence-corrected chi connectivity index (χ3v) is 7.21. The zero-order chi connectivity index (χ0) is 35.0. The third-order valence-electron chi connectivity index (χ3n) is 6.30. The van der Waals surface area contributed by atoms with Gasteiger partial charge in [-0.05, 0) is 66.1 Å². The maximum atomic E-state index is 11.9. The lowest BCUT2D eigenvalue weighted by atomic mass is 9.80. The Bertz CT molecular complexity index is 2180. The van der Waals surface area contributed by atoms with Crippen molar-refractivity contribution in [2.45, 2.75) is 7.43 Å². The average molecular weight is 794 g/mol. The molecule has 4 heterocycles. The van der Waals surface area contributed by atoms with E-state index >= 15 is 0 Å². The lowest BCUT2D eigenvalue weighted by Crippen LogP contribution is -2.29. The van der Waals surface area contributed by atoms with E-state index in [4.69, 9.17) is 25.8 Å². The minimum absolute atomic E-state index is 0. The molecule has 2 aromatic carbocycles. The Morgan fingerprint density at radius 1 is 0.939 bits per heavy atom. The van der Waals surface area contributed by atoms with Crippen LogP contribution in [0, 0.1) is 11.3 Å². The number of rotatable bonds is 5. The van der Waals surface area contributed by atoms with Crippen molar-refractivity contribution in [2.24, 2.45) is 5.73 Å². The molecular weight excluding hydrogens is 767 g/mol. The van der Waals surface area contributed by atoms with Crippen LogP contribution in [0.25, 0.3) is 27.8 Å². The largest absolute Gasteiger partial charge is 0.488 e. The molecule has 49 heavy (non-hydrogen) atoms. The molecule has 0 spiro atoms. The SMILES string of the molecule is C.COC(=O)c1[nH]nc2ncccc12.COC(=O)c1nn(-c2cc(Br)cc(C(N)=O)c2)c2ncccc12.N#Cc1cc(Br)cc(B(O)O)c1. The number of aromatic nitrogens is 6. The second kappa shape index (κ2) is 17.1. The number of aromatic amines is 1. The first-order valence-electron chi connectivity index (χ1n) is 13.4. The van der Waals surface area contributed by atoms with Crippen molar-refractivity contribution in [3.63, 3.8) is 0 Å². The zero-order valence-corrected chi connectivity index (χ0v) is 28.1. The molecule has 0 saturated carbocycles. The number of fused-ring (bicyclic) bond motifs is 2. The van der Waals surface area contributed by atoms with Gasteiger partial charge in [-0.2, -0.15) is 15.5 Å². The van der Waals surface area contributed by atoms with Gasteiger partial charge in [-0.15, -0.1) is 0 Å². The van der Waals surface area contributed by atoms with E-state index in [1.54, 1.807) is 67.0 Å². The second-order valence-electron chi connectivity index (χ2n) is 9.41. The Morgan fingerprint density at radius 2 is 1.59 bits per heavy atom. The summed E-state index contributed by atoms with van der Waals surface area (Å²) in [5.74, 6) is -1.56. The molecule has 6 rings (SSSR count). The van der Waals surface area contributed by atoms with Crippen molar-refractivity contribution in [1.29, 1.82) is 5.26 Å². The van der Waals surface area contributed by atoms with Crippen molar-refractivity contribution in [3.8, 4) is 11.8 Å². The Kier molecular flexibility index (Phi) is 13.2. The molecule has 0 unspecified atom stereocenters. The second-order valence-corrected chi connectivity index (χ2v) is 11.2. The number of carbonyl (C=O) groups is 3. The van der Waals surface area contributed by atoms with E-state index in [0.29, 0.717) is 59.0 Å². The molecule has 0 aliphatic heterocycles. The highest BCUT2D eigenvalue weighted by atomic mass is 79.9. The molecule has 0 aliphatic rings. The number of benzene rings is 2. The van der Waals surface area contributed by atoms with E-state index in [1.165, 1.54) is 25.0 Å². The lowest BCUT2D eigenvalue weighted by Gasteiger charge is -2.05. The van der Waals surface area contributed by atoms with Crippen molar-refractivity contribution in [1.82, 2.24) is 29.9 Å². The highest BCUT2D eigenvalue weighted by Crippen LogP contribution is 2.24. The maximum absolute atomic E-state index is 11.9. The highest BCUT2D eigenvalue weighted by Gasteiger charge is 2.20. The summed E-state index contributed by atoms with van der Waals surface area (Å²) in [7, 11) is 1.08. The number of halogens is 2. The fraction of sp³-hybridized carbons (Fsp3) is 0.0968. The topological polar surface area (TPSA) is 232 Å². The first kappa shape index (κ1) is 38.0. The summed E-state index contributed by atoms with van der Waals surface area (Å²) < 4.78 is 12.1. The number of primary amides is 1. The number of methoxy groups -OCH3 is 2. The normalized spacial score (nSPS) is 9.98. The van der Waals surface area contributed by atoms with Crippen LogP contribution in [0.1, 0.15) is 44.3 Å². The number of amides is 1. The number of nitrogens with one attached hydrogen (secondary N) is 1. The quantitative estimate of drug-likeness (QED) is 0.145. The maximum Gasteiger partial charge on any atom is 0.488 e. The van der Waals surface area contributed by atoms with Crippen LogP contribution in [0.15, 0.2) is 82.0 Å². The van der Waals surface area contributed by atoms with Crippen LogP contribution >= 0.6 is 31.9 Å². The van der Waals surface area contributed by atoms with Crippen LogP contribution in [0.4, 0.5) is 0 Å². The molecule has 1 amide bonds. The third kappa shape index (κ3) is 9.12. The Labute approximate surface area is 296 Å². The zero-order valence-electron chi connectivity index (χ0n) is 25.0. The standard InChI is InChI=1S/C15H11BrN4O3.C8H7N3O2.C7H5BBrNO2.CH4/c1-23-15(22)12-11-3-2-4-18-14(11)20(19-12)10-6-8(13(17)21)5-9(16)7-10;1-13-8(12)6-5-3-2-4-9-7(5)11-10-6;9-7-2-5(4-10)1-6(3-7)8(11)12;/h2-7H,1H3,(H2,17,21);2-4H,1H3,(H,9,10,11);1-3,11-12H;1H4. The molecule has 250 valence electrons. The number of pyridine rings is 2. The van der Waals surface area contributed by atoms with E-state index < -0.39 is 25.0 Å². The van der Waals surface area contributed by atoms with Gasteiger partial charge in [0.2, 0.25) is 5.91 Å². The Morgan fingerprint density at radius 3 is 2.22 bits per heavy atom. The van der Waals surface area contributed by atoms with Gasteiger partial charge >= 0.3 is 19.1 Å². The van der Waals surface area contributed by atoms with E-state index in [9.17, 15) is 14.4 Å². The first-order chi connectivity index (χ1) is 23.0. The molecular formula is C31H27BBr2N8O7. The highest BCUT2D eigenvalue weighted by molar-refractivity contribution is 9.10. The van der Waals surface area contributed by atoms with Gasteiger partial charge in [0.1, 0.15) is 0 Å². The van der Waals surface area contributed by atoms with E-state index in [-0.39, 0.29) is 13.1 Å². The monoisotopic (exact) mass is 792 g/mol. The number of nitriles is 1. The molecule has 5 N–H and O–H groups in total. The number of H-pyrrole nitrogens is 1. The molecule has 0 bridgehead atoms. The van der Waals surface area contributed by atoms with Crippen molar-refractivity contribution in [2.75, 3.05) is 14.2 Å². The number of esters is 2. The molecule has 6 aromatic rings. The van der Waals surface area contributed by atoms with Gasteiger partial charge in [-0.25, -0.2) is 24.2 Å². The molecule has 0 radical (unpaired) electrons. The van der Waals surface area contributed by atoms with E-state index in [2.05, 4.69) is 61.9 Å². The van der Waals surface area contributed by atoms with Crippen LogP contribution in [0.3, 0.4) is 0 Å². The van der Waals surface area contributed by atoms with Gasteiger partial charge in [-0.1, -0.05) is 39.3 Å². The predicted octanol–water partition coefficient (Wildman–Crippen LogP) is 3.45. The minimum atomic E-state index is -1.53. The fourth-order valence-electron chi connectivity index (χ4n) is 4.15. The van der Waals surface area contributed by atoms with Gasteiger partial charge in [-0.3, -0.25) is 9.89 Å². The molecule has 4 aromatic heterocycles. The molecule has 0 aliphatic carbocycles. The molecule has 0 atom stereocenters. The molecule has 0 saturated heterocycles. The van der Waals surface area contributed by atoms with Crippen LogP contribution in [-0.4, -0.2) is 79.2 Å². The van der Waals surface area contributed by atoms with Gasteiger partial charge in [0.05, 0.1) is 42.3 Å².